The highest BCUT2D eigenvalue weighted by Gasteiger charge is 2.23. The van der Waals surface area contributed by atoms with Crippen molar-refractivity contribution in [2.45, 2.75) is 32.4 Å². The van der Waals surface area contributed by atoms with E-state index in [1.165, 1.54) is 0 Å². The van der Waals surface area contributed by atoms with Gasteiger partial charge in [0.25, 0.3) is 0 Å². The zero-order chi connectivity index (χ0) is 20.9. The number of hydrogen-bond donors (Lipinski definition) is 0. The van der Waals surface area contributed by atoms with Gasteiger partial charge in [0.15, 0.2) is 0 Å². The molecule has 1 aliphatic carbocycles. The fourth-order valence-corrected chi connectivity index (χ4v) is 4.16. The van der Waals surface area contributed by atoms with Crippen LogP contribution in [0.1, 0.15) is 30.4 Å². The number of benzene rings is 2. The summed E-state index contributed by atoms with van der Waals surface area (Å²) >= 11 is 6.35. The lowest BCUT2D eigenvalue weighted by molar-refractivity contribution is -0.134. The van der Waals surface area contributed by atoms with Gasteiger partial charge in [-0.2, -0.15) is 5.10 Å². The monoisotopic (exact) mass is 419 g/mol. The van der Waals surface area contributed by atoms with Gasteiger partial charge in [-0.1, -0.05) is 72.3 Å². The van der Waals surface area contributed by atoms with E-state index in [-0.39, 0.29) is 11.8 Å². The van der Waals surface area contributed by atoms with Gasteiger partial charge in [-0.25, -0.2) is 0 Å². The Morgan fingerprint density at radius 3 is 2.60 bits per heavy atom. The number of aromatic nitrogens is 2. The van der Waals surface area contributed by atoms with E-state index in [2.05, 4.69) is 24.3 Å². The molecule has 30 heavy (non-hydrogen) atoms. The Balaban J connectivity index is 1.60. The molecule has 0 spiro atoms. The summed E-state index contributed by atoms with van der Waals surface area (Å²) in [4.78, 5) is 14.8. The topological polar surface area (TPSA) is 38.1 Å². The molecule has 1 atom stereocenters. The third-order valence-electron chi connectivity index (χ3n) is 5.58. The molecule has 0 bridgehead atoms. The van der Waals surface area contributed by atoms with Crippen LogP contribution in [0, 0.1) is 5.92 Å². The number of amides is 1. The van der Waals surface area contributed by atoms with E-state index in [0.29, 0.717) is 13.1 Å². The van der Waals surface area contributed by atoms with Crippen molar-refractivity contribution < 1.29 is 4.79 Å². The quantitative estimate of drug-likeness (QED) is 0.490. The third-order valence-corrected chi connectivity index (χ3v) is 5.95. The molecule has 0 aliphatic heterocycles. The third kappa shape index (κ3) is 4.65. The molecule has 5 heteroatoms. The Bertz CT molecular complexity index is 1040. The first kappa shape index (κ1) is 20.4. The van der Waals surface area contributed by atoms with Crippen molar-refractivity contribution in [1.82, 2.24) is 14.7 Å². The van der Waals surface area contributed by atoms with Gasteiger partial charge in [0.1, 0.15) is 0 Å². The maximum absolute atomic E-state index is 12.9. The smallest absolute Gasteiger partial charge is 0.226 e. The van der Waals surface area contributed by atoms with Crippen LogP contribution in [0.4, 0.5) is 0 Å². The second kappa shape index (κ2) is 9.31. The molecular formula is C25H26ClN3O. The van der Waals surface area contributed by atoms with E-state index in [1.807, 2.05) is 65.3 Å². The fourth-order valence-electron chi connectivity index (χ4n) is 3.96. The molecule has 1 amide bonds. The van der Waals surface area contributed by atoms with Crippen LogP contribution in [-0.4, -0.2) is 27.6 Å². The molecule has 0 N–H and O–H groups in total. The average molecular weight is 420 g/mol. The Labute approximate surface area is 182 Å². The van der Waals surface area contributed by atoms with Crippen LogP contribution in [0.3, 0.4) is 0 Å². The molecule has 4 rings (SSSR count). The maximum Gasteiger partial charge on any atom is 0.226 e. The fraction of sp³-hybridized carbons (Fsp3) is 0.280. The van der Waals surface area contributed by atoms with Gasteiger partial charge in [0.05, 0.1) is 12.2 Å². The molecule has 0 saturated heterocycles. The first-order valence-electron chi connectivity index (χ1n) is 10.4. The highest BCUT2D eigenvalue weighted by Crippen LogP contribution is 2.26. The Morgan fingerprint density at radius 2 is 1.87 bits per heavy atom. The van der Waals surface area contributed by atoms with Gasteiger partial charge in [-0.3, -0.25) is 9.48 Å². The van der Waals surface area contributed by atoms with Crippen LogP contribution >= 0.6 is 11.6 Å². The van der Waals surface area contributed by atoms with Crippen molar-refractivity contribution in [3.63, 3.8) is 0 Å². The van der Waals surface area contributed by atoms with Crippen molar-refractivity contribution in [2.75, 3.05) is 7.05 Å². The highest BCUT2D eigenvalue weighted by atomic mass is 35.5. The SMILES string of the molecule is CN(Cc1cn(Cc2ccccc2Cl)nc1-c1ccccc1)C(=O)[C@H]1CC=CCC1. The Morgan fingerprint density at radius 1 is 1.10 bits per heavy atom. The van der Waals surface area contributed by atoms with Crippen LogP contribution in [0.15, 0.2) is 72.9 Å². The van der Waals surface area contributed by atoms with Crippen molar-refractivity contribution in [3.8, 4) is 11.3 Å². The van der Waals surface area contributed by atoms with E-state index in [0.717, 1.165) is 46.7 Å². The molecule has 1 aromatic heterocycles. The molecule has 0 saturated carbocycles. The van der Waals surface area contributed by atoms with Crippen molar-refractivity contribution in [2.24, 2.45) is 5.92 Å². The molecule has 4 nitrogen and oxygen atoms in total. The minimum Gasteiger partial charge on any atom is -0.341 e. The predicted octanol–water partition coefficient (Wildman–Crippen LogP) is 5.57. The number of allylic oxidation sites excluding steroid dienone is 2. The molecule has 0 fully saturated rings. The second-order valence-corrected chi connectivity index (χ2v) is 8.24. The van der Waals surface area contributed by atoms with Crippen LogP contribution in [0.25, 0.3) is 11.3 Å². The summed E-state index contributed by atoms with van der Waals surface area (Å²) in [6.07, 6.45) is 9.07. The van der Waals surface area contributed by atoms with Crippen LogP contribution in [0.2, 0.25) is 5.02 Å². The Kier molecular flexibility index (Phi) is 6.34. The summed E-state index contributed by atoms with van der Waals surface area (Å²) in [5.74, 6) is 0.288. The van der Waals surface area contributed by atoms with E-state index >= 15 is 0 Å². The normalized spacial score (nSPS) is 15.9. The van der Waals surface area contributed by atoms with Crippen LogP contribution < -0.4 is 0 Å². The summed E-state index contributed by atoms with van der Waals surface area (Å²) in [6, 6.07) is 17.9. The number of halogens is 1. The number of hydrogen-bond acceptors (Lipinski definition) is 2. The predicted molar refractivity (Wildman–Crippen MR) is 121 cm³/mol. The van der Waals surface area contributed by atoms with E-state index < -0.39 is 0 Å². The molecule has 2 aromatic carbocycles. The van der Waals surface area contributed by atoms with Crippen molar-refractivity contribution >= 4 is 17.5 Å². The second-order valence-electron chi connectivity index (χ2n) is 7.83. The van der Waals surface area contributed by atoms with E-state index in [9.17, 15) is 4.79 Å². The van der Waals surface area contributed by atoms with Crippen molar-refractivity contribution in [3.05, 3.63) is 89.1 Å². The standard InChI is InChI=1S/C25H26ClN3O/c1-28(25(30)20-12-6-3-7-13-20)16-22-18-29(17-21-14-8-9-15-23(21)26)27-24(22)19-10-4-2-5-11-19/h2-6,8-11,14-15,18,20H,7,12-13,16-17H2,1H3/t20-/m0/s1. The largest absolute Gasteiger partial charge is 0.341 e. The minimum absolute atomic E-state index is 0.0818. The lowest BCUT2D eigenvalue weighted by Gasteiger charge is -2.24. The number of carbonyl (C=O) groups excluding carboxylic acids is 1. The molecule has 0 radical (unpaired) electrons. The highest BCUT2D eigenvalue weighted by molar-refractivity contribution is 6.31. The van der Waals surface area contributed by atoms with Gasteiger partial charge in [-0.05, 0) is 30.9 Å². The van der Waals surface area contributed by atoms with Crippen molar-refractivity contribution in [1.29, 1.82) is 0 Å². The zero-order valence-corrected chi connectivity index (χ0v) is 17.9. The number of nitrogens with zero attached hydrogens (tertiary/aromatic N) is 3. The minimum atomic E-state index is 0.0818. The Hall–Kier alpha value is -2.85. The molecular weight excluding hydrogens is 394 g/mol. The van der Waals surface area contributed by atoms with Gasteiger partial charge < -0.3 is 4.90 Å². The van der Waals surface area contributed by atoms with E-state index in [4.69, 9.17) is 16.7 Å². The van der Waals surface area contributed by atoms with Crippen LogP contribution in [0.5, 0.6) is 0 Å². The van der Waals surface area contributed by atoms with Gasteiger partial charge in [0, 0.05) is 41.9 Å². The number of carbonyl (C=O) groups is 1. The summed E-state index contributed by atoms with van der Waals surface area (Å²) < 4.78 is 1.92. The summed E-state index contributed by atoms with van der Waals surface area (Å²) in [6.45, 7) is 1.12. The molecule has 154 valence electrons. The van der Waals surface area contributed by atoms with Crippen LogP contribution in [-0.2, 0) is 17.9 Å². The summed E-state index contributed by atoms with van der Waals surface area (Å²) in [5.41, 5.74) is 4.01. The maximum atomic E-state index is 12.9. The first-order valence-corrected chi connectivity index (χ1v) is 10.7. The zero-order valence-electron chi connectivity index (χ0n) is 17.2. The average Bonchev–Trinajstić information content (AvgIpc) is 3.18. The molecule has 1 heterocycles. The van der Waals surface area contributed by atoms with E-state index in [1.54, 1.807) is 0 Å². The van der Waals surface area contributed by atoms with Gasteiger partial charge in [0.2, 0.25) is 5.91 Å². The van der Waals surface area contributed by atoms with Gasteiger partial charge in [-0.15, -0.1) is 0 Å². The molecule has 3 aromatic rings. The first-order chi connectivity index (χ1) is 14.6. The molecule has 1 aliphatic rings. The summed E-state index contributed by atoms with van der Waals surface area (Å²) in [7, 11) is 1.89. The molecule has 0 unspecified atom stereocenters. The summed E-state index contributed by atoms with van der Waals surface area (Å²) in [5, 5.41) is 5.58. The van der Waals surface area contributed by atoms with Gasteiger partial charge >= 0.3 is 0 Å². The lowest BCUT2D eigenvalue weighted by atomic mass is 9.93. The number of rotatable bonds is 6. The lowest BCUT2D eigenvalue weighted by Crippen LogP contribution is -2.33.